The second-order valence-corrected chi connectivity index (χ2v) is 9.95. The van der Waals surface area contributed by atoms with Gasteiger partial charge >= 0.3 is 6.18 Å². The van der Waals surface area contributed by atoms with Crippen LogP contribution in [0.3, 0.4) is 0 Å². The summed E-state index contributed by atoms with van der Waals surface area (Å²) in [5, 5.41) is 5.51. The molecule has 5 rings (SSSR count). The van der Waals surface area contributed by atoms with Crippen molar-refractivity contribution in [3.63, 3.8) is 0 Å². The van der Waals surface area contributed by atoms with E-state index in [0.29, 0.717) is 22.6 Å². The van der Waals surface area contributed by atoms with Gasteiger partial charge in [-0.15, -0.1) is 0 Å². The van der Waals surface area contributed by atoms with Gasteiger partial charge in [0.2, 0.25) is 5.95 Å². The van der Waals surface area contributed by atoms with Crippen LogP contribution >= 0.6 is 0 Å². The molecule has 11 heteroatoms. The van der Waals surface area contributed by atoms with Crippen LogP contribution in [0.2, 0.25) is 0 Å². The summed E-state index contributed by atoms with van der Waals surface area (Å²) in [6, 6.07) is 11.1. The maximum Gasteiger partial charge on any atom is 0.418 e. The largest absolute Gasteiger partial charge is 0.418 e. The first kappa shape index (κ1) is 28.2. The Morgan fingerprint density at radius 3 is 2.54 bits per heavy atom. The molecule has 4 aromatic rings. The Hall–Kier alpha value is -4.38. The zero-order valence-electron chi connectivity index (χ0n) is 22.7. The number of aromatic nitrogens is 4. The third kappa shape index (κ3) is 6.68. The second-order valence-electron chi connectivity index (χ2n) is 9.95. The van der Waals surface area contributed by atoms with E-state index in [-0.39, 0.29) is 23.1 Å². The number of alkyl halides is 3. The number of hydrogen-bond acceptors (Lipinski definition) is 7. The fourth-order valence-electron chi connectivity index (χ4n) is 4.93. The highest BCUT2D eigenvalue weighted by Gasteiger charge is 2.35. The van der Waals surface area contributed by atoms with Gasteiger partial charge in [0.05, 0.1) is 33.9 Å². The number of amides is 1. The summed E-state index contributed by atoms with van der Waals surface area (Å²) in [6.45, 7) is 6.46. The molecule has 0 unspecified atom stereocenters. The van der Waals surface area contributed by atoms with Crippen molar-refractivity contribution >= 4 is 23.2 Å². The molecule has 3 aromatic heterocycles. The zero-order chi connectivity index (χ0) is 29.0. The number of likely N-dealkylation sites (tertiary alicyclic amines) is 1. The van der Waals surface area contributed by atoms with Gasteiger partial charge in [0.25, 0.3) is 5.91 Å². The first-order valence-electron chi connectivity index (χ1n) is 13.4. The average molecular weight is 562 g/mol. The lowest BCUT2D eigenvalue weighted by Gasteiger charge is -2.31. The number of nitrogens with one attached hydrogen (secondary N) is 2. The van der Waals surface area contributed by atoms with Gasteiger partial charge < -0.3 is 15.5 Å². The van der Waals surface area contributed by atoms with E-state index in [2.05, 4.69) is 42.4 Å². The van der Waals surface area contributed by atoms with Crippen LogP contribution in [0.5, 0.6) is 0 Å². The Morgan fingerprint density at radius 1 is 1.02 bits per heavy atom. The quantitative estimate of drug-likeness (QED) is 0.268. The van der Waals surface area contributed by atoms with Crippen molar-refractivity contribution in [1.29, 1.82) is 0 Å². The van der Waals surface area contributed by atoms with Gasteiger partial charge in [-0.2, -0.15) is 13.2 Å². The van der Waals surface area contributed by atoms with Crippen molar-refractivity contribution in [1.82, 2.24) is 24.8 Å². The number of pyridine rings is 2. The Bertz CT molecular complexity index is 1520. The molecule has 1 saturated heterocycles. The highest BCUT2D eigenvalue weighted by molar-refractivity contribution is 6.05. The van der Waals surface area contributed by atoms with Crippen LogP contribution < -0.4 is 10.6 Å². The van der Waals surface area contributed by atoms with Crippen molar-refractivity contribution < 1.29 is 18.0 Å². The molecule has 1 aliphatic heterocycles. The van der Waals surface area contributed by atoms with E-state index >= 15 is 0 Å². The van der Waals surface area contributed by atoms with Gasteiger partial charge in [-0.3, -0.25) is 14.8 Å². The summed E-state index contributed by atoms with van der Waals surface area (Å²) in [5.41, 5.74) is 2.04. The lowest BCUT2D eigenvalue weighted by molar-refractivity contribution is -0.137. The van der Waals surface area contributed by atoms with E-state index in [0.717, 1.165) is 38.0 Å². The summed E-state index contributed by atoms with van der Waals surface area (Å²) in [7, 11) is 0. The molecule has 1 aromatic carbocycles. The van der Waals surface area contributed by atoms with Gasteiger partial charge in [0, 0.05) is 30.4 Å². The molecule has 1 amide bonds. The molecule has 1 fully saturated rings. The Balaban J connectivity index is 1.35. The van der Waals surface area contributed by atoms with Crippen molar-refractivity contribution in [3.8, 4) is 11.3 Å². The van der Waals surface area contributed by atoms with E-state index in [1.807, 2.05) is 6.07 Å². The van der Waals surface area contributed by atoms with Crippen LogP contribution in [0.4, 0.5) is 30.5 Å². The SMILES string of the molecule is CCN1CCC(c2ccc(NC(=O)c3cnc(C)c(Nc4nccc(-c5cccnc5)n4)c3)c(C(F)(F)F)c2)CC1. The molecule has 0 spiro atoms. The van der Waals surface area contributed by atoms with E-state index in [4.69, 9.17) is 0 Å². The second kappa shape index (κ2) is 12.0. The molecule has 41 heavy (non-hydrogen) atoms. The maximum atomic E-state index is 14.1. The minimum atomic E-state index is -4.63. The van der Waals surface area contributed by atoms with E-state index in [9.17, 15) is 18.0 Å². The Kier molecular flexibility index (Phi) is 8.25. The number of piperidine rings is 1. The first-order chi connectivity index (χ1) is 19.7. The average Bonchev–Trinajstić information content (AvgIpc) is 2.98. The van der Waals surface area contributed by atoms with Crippen molar-refractivity contribution in [2.24, 2.45) is 0 Å². The zero-order valence-corrected chi connectivity index (χ0v) is 22.7. The summed E-state index contributed by atoms with van der Waals surface area (Å²) >= 11 is 0. The standard InChI is InChI=1S/C30H30F3N7O/c1-3-40-13-9-20(10-14-40)21-6-7-26(24(15-21)30(31,32)33)37-28(41)23-16-27(19(2)36-18-23)39-29-35-12-8-25(38-29)22-5-4-11-34-17-22/h4-8,11-12,15-18,20H,3,9-10,13-14H2,1-2H3,(H,37,41)(H,35,38,39). The van der Waals surface area contributed by atoms with Crippen LogP contribution in [-0.2, 0) is 6.18 Å². The number of aryl methyl sites for hydroxylation is 1. The predicted molar refractivity (Wildman–Crippen MR) is 151 cm³/mol. The Morgan fingerprint density at radius 2 is 1.83 bits per heavy atom. The molecule has 1 aliphatic rings. The third-order valence-corrected chi connectivity index (χ3v) is 7.31. The number of carbonyl (C=O) groups excluding carboxylic acids is 1. The molecule has 0 bridgehead atoms. The van der Waals surface area contributed by atoms with Gasteiger partial charge in [0.15, 0.2) is 0 Å². The van der Waals surface area contributed by atoms with Gasteiger partial charge in [0.1, 0.15) is 0 Å². The van der Waals surface area contributed by atoms with E-state index in [1.54, 1.807) is 43.7 Å². The number of halogens is 3. The van der Waals surface area contributed by atoms with Gasteiger partial charge in [-0.05, 0) is 87.3 Å². The molecule has 0 saturated carbocycles. The van der Waals surface area contributed by atoms with E-state index < -0.39 is 17.6 Å². The van der Waals surface area contributed by atoms with Crippen LogP contribution in [0, 0.1) is 6.92 Å². The lowest BCUT2D eigenvalue weighted by atomic mass is 9.88. The summed E-state index contributed by atoms with van der Waals surface area (Å²) < 4.78 is 42.2. The van der Waals surface area contributed by atoms with Crippen LogP contribution in [0.1, 0.15) is 52.9 Å². The minimum absolute atomic E-state index is 0.0532. The van der Waals surface area contributed by atoms with Gasteiger partial charge in [-0.25, -0.2) is 9.97 Å². The number of anilines is 3. The fourth-order valence-corrected chi connectivity index (χ4v) is 4.93. The number of benzene rings is 1. The maximum absolute atomic E-state index is 14.1. The van der Waals surface area contributed by atoms with Crippen molar-refractivity contribution in [2.45, 2.75) is 38.8 Å². The normalized spacial score (nSPS) is 14.6. The highest BCUT2D eigenvalue weighted by atomic mass is 19.4. The fraction of sp³-hybridized carbons (Fsp3) is 0.300. The highest BCUT2D eigenvalue weighted by Crippen LogP contribution is 2.39. The topological polar surface area (TPSA) is 95.9 Å². The molecule has 0 aliphatic carbocycles. The van der Waals surface area contributed by atoms with Gasteiger partial charge in [-0.1, -0.05) is 13.0 Å². The predicted octanol–water partition coefficient (Wildman–Crippen LogP) is 6.46. The lowest BCUT2D eigenvalue weighted by Crippen LogP contribution is -2.32. The number of rotatable bonds is 7. The molecule has 8 nitrogen and oxygen atoms in total. The molecule has 212 valence electrons. The molecule has 0 atom stereocenters. The monoisotopic (exact) mass is 561 g/mol. The third-order valence-electron chi connectivity index (χ3n) is 7.31. The van der Waals surface area contributed by atoms with Crippen molar-refractivity contribution in [2.75, 3.05) is 30.3 Å². The Labute approximate surface area is 236 Å². The van der Waals surface area contributed by atoms with E-state index in [1.165, 1.54) is 24.4 Å². The summed E-state index contributed by atoms with van der Waals surface area (Å²) in [5.74, 6) is -0.383. The van der Waals surface area contributed by atoms with Crippen LogP contribution in [0.25, 0.3) is 11.3 Å². The summed E-state index contributed by atoms with van der Waals surface area (Å²) in [4.78, 5) is 32.5. The molecular weight excluding hydrogens is 531 g/mol. The molecule has 4 heterocycles. The number of nitrogens with zero attached hydrogens (tertiary/aromatic N) is 5. The molecule has 2 N–H and O–H groups in total. The molecule has 0 radical (unpaired) electrons. The van der Waals surface area contributed by atoms with Crippen LogP contribution in [-0.4, -0.2) is 50.4 Å². The molecular formula is C30H30F3N7O. The van der Waals surface area contributed by atoms with Crippen LogP contribution in [0.15, 0.2) is 67.3 Å². The minimum Gasteiger partial charge on any atom is -0.323 e. The number of carbonyl (C=O) groups is 1. The first-order valence-corrected chi connectivity index (χ1v) is 13.4. The van der Waals surface area contributed by atoms with Crippen molar-refractivity contribution in [3.05, 3.63) is 89.6 Å². The number of hydrogen-bond donors (Lipinski definition) is 2. The smallest absolute Gasteiger partial charge is 0.323 e. The summed E-state index contributed by atoms with van der Waals surface area (Å²) in [6.07, 6.45) is 3.24.